The molecule has 0 spiro atoms. The van der Waals surface area contributed by atoms with E-state index in [-0.39, 0.29) is 11.3 Å². The van der Waals surface area contributed by atoms with E-state index in [0.29, 0.717) is 0 Å². The SMILES string of the molecule is Cn1cc(NS(=O)(=O)c2cc(C(=O)O)ccc2F)cn1. The molecule has 20 heavy (non-hydrogen) atoms. The Kier molecular flexibility index (Phi) is 3.45. The average Bonchev–Trinajstić information content (AvgIpc) is 2.73. The molecule has 1 aromatic carbocycles. The minimum absolute atomic E-state index is 0.146. The molecular weight excluding hydrogens is 289 g/mol. The number of aromatic carboxylic acids is 1. The van der Waals surface area contributed by atoms with Crippen LogP contribution in [0, 0.1) is 5.82 Å². The van der Waals surface area contributed by atoms with Crippen LogP contribution in [0.3, 0.4) is 0 Å². The Bertz CT molecular complexity index is 770. The Hall–Kier alpha value is -2.42. The first kappa shape index (κ1) is 14.0. The second kappa shape index (κ2) is 4.93. The lowest BCUT2D eigenvalue weighted by Gasteiger charge is -2.07. The summed E-state index contributed by atoms with van der Waals surface area (Å²) in [6.07, 6.45) is 2.63. The van der Waals surface area contributed by atoms with Crippen LogP contribution in [0.25, 0.3) is 0 Å². The third-order valence-corrected chi connectivity index (χ3v) is 3.82. The maximum Gasteiger partial charge on any atom is 0.335 e. The van der Waals surface area contributed by atoms with Gasteiger partial charge in [0.25, 0.3) is 10.0 Å². The number of halogens is 1. The van der Waals surface area contributed by atoms with Gasteiger partial charge in [0.1, 0.15) is 10.7 Å². The summed E-state index contributed by atoms with van der Waals surface area (Å²) >= 11 is 0. The average molecular weight is 299 g/mol. The molecule has 0 bridgehead atoms. The van der Waals surface area contributed by atoms with E-state index < -0.39 is 26.7 Å². The summed E-state index contributed by atoms with van der Waals surface area (Å²) in [5.74, 6) is -2.38. The number of aromatic nitrogens is 2. The molecule has 0 radical (unpaired) electrons. The summed E-state index contributed by atoms with van der Waals surface area (Å²) < 4.78 is 41.1. The van der Waals surface area contributed by atoms with Crippen LogP contribution in [0.15, 0.2) is 35.5 Å². The van der Waals surface area contributed by atoms with Gasteiger partial charge in [-0.1, -0.05) is 0 Å². The fourth-order valence-electron chi connectivity index (χ4n) is 1.53. The number of hydrogen-bond donors (Lipinski definition) is 2. The minimum Gasteiger partial charge on any atom is -0.478 e. The molecule has 2 aromatic rings. The number of carboxylic acids is 1. The fraction of sp³-hybridized carbons (Fsp3) is 0.0909. The molecule has 0 aliphatic carbocycles. The molecule has 0 aliphatic heterocycles. The van der Waals surface area contributed by atoms with Gasteiger partial charge in [0.05, 0.1) is 17.4 Å². The largest absolute Gasteiger partial charge is 0.478 e. The maximum absolute atomic E-state index is 13.6. The summed E-state index contributed by atoms with van der Waals surface area (Å²) in [6.45, 7) is 0. The van der Waals surface area contributed by atoms with Crippen molar-refractivity contribution in [1.29, 1.82) is 0 Å². The van der Waals surface area contributed by atoms with Crippen molar-refractivity contribution in [3.8, 4) is 0 Å². The van der Waals surface area contributed by atoms with Gasteiger partial charge in [-0.15, -0.1) is 0 Å². The molecule has 0 saturated heterocycles. The van der Waals surface area contributed by atoms with Crippen LogP contribution in [0.2, 0.25) is 0 Å². The quantitative estimate of drug-likeness (QED) is 0.879. The third-order valence-electron chi connectivity index (χ3n) is 2.42. The normalized spacial score (nSPS) is 11.3. The number of aryl methyl sites for hydroxylation is 1. The van der Waals surface area contributed by atoms with Crippen LogP contribution >= 0.6 is 0 Å². The fourth-order valence-corrected chi connectivity index (χ4v) is 2.66. The van der Waals surface area contributed by atoms with Crippen molar-refractivity contribution in [2.75, 3.05) is 4.72 Å². The Morgan fingerprint density at radius 3 is 2.70 bits per heavy atom. The number of nitrogens with zero attached hydrogens (tertiary/aromatic N) is 2. The van der Waals surface area contributed by atoms with Gasteiger partial charge in [0.2, 0.25) is 0 Å². The second-order valence-corrected chi connectivity index (χ2v) is 5.61. The van der Waals surface area contributed by atoms with Crippen molar-refractivity contribution in [1.82, 2.24) is 9.78 Å². The van der Waals surface area contributed by atoms with E-state index >= 15 is 0 Å². The molecule has 106 valence electrons. The maximum atomic E-state index is 13.6. The van der Waals surface area contributed by atoms with E-state index in [9.17, 15) is 17.6 Å². The molecule has 0 saturated carbocycles. The monoisotopic (exact) mass is 299 g/mol. The van der Waals surface area contributed by atoms with Crippen LogP contribution in [0.1, 0.15) is 10.4 Å². The number of anilines is 1. The number of rotatable bonds is 4. The molecule has 0 atom stereocenters. The van der Waals surface area contributed by atoms with Crippen LogP contribution in [0.4, 0.5) is 10.1 Å². The zero-order valence-corrected chi connectivity index (χ0v) is 11.1. The summed E-state index contributed by atoms with van der Waals surface area (Å²) in [5, 5.41) is 12.6. The Morgan fingerprint density at radius 2 is 2.15 bits per heavy atom. The first-order valence-electron chi connectivity index (χ1n) is 5.34. The first-order valence-corrected chi connectivity index (χ1v) is 6.82. The molecular formula is C11H10FN3O4S. The standard InChI is InChI=1S/C11H10FN3O4S/c1-15-6-8(5-13-15)14-20(18,19)10-4-7(11(16)17)2-3-9(10)12/h2-6,14H,1H3,(H,16,17). The van der Waals surface area contributed by atoms with Gasteiger partial charge < -0.3 is 5.11 Å². The van der Waals surface area contributed by atoms with Crippen molar-refractivity contribution in [3.63, 3.8) is 0 Å². The smallest absolute Gasteiger partial charge is 0.335 e. The highest BCUT2D eigenvalue weighted by Gasteiger charge is 2.21. The predicted octanol–water partition coefficient (Wildman–Crippen LogP) is 1.06. The zero-order chi connectivity index (χ0) is 14.9. The minimum atomic E-state index is -4.23. The first-order chi connectivity index (χ1) is 9.29. The Balaban J connectivity index is 2.43. The summed E-state index contributed by atoms with van der Waals surface area (Å²) in [7, 11) is -2.64. The van der Waals surface area contributed by atoms with Crippen LogP contribution in [-0.4, -0.2) is 29.3 Å². The van der Waals surface area contributed by atoms with E-state index in [4.69, 9.17) is 5.11 Å². The molecule has 0 aliphatic rings. The lowest BCUT2D eigenvalue weighted by molar-refractivity contribution is 0.0696. The number of carboxylic acid groups (broad SMARTS) is 1. The van der Waals surface area contributed by atoms with Crippen LogP contribution < -0.4 is 4.72 Å². The zero-order valence-electron chi connectivity index (χ0n) is 10.2. The molecule has 1 aromatic heterocycles. The molecule has 0 amide bonds. The van der Waals surface area contributed by atoms with Gasteiger partial charge in [-0.25, -0.2) is 17.6 Å². The molecule has 0 unspecified atom stereocenters. The van der Waals surface area contributed by atoms with Gasteiger partial charge in [-0.2, -0.15) is 5.10 Å². The van der Waals surface area contributed by atoms with Gasteiger partial charge in [-0.05, 0) is 18.2 Å². The van der Waals surface area contributed by atoms with E-state index in [2.05, 4.69) is 9.82 Å². The van der Waals surface area contributed by atoms with Gasteiger partial charge in [-0.3, -0.25) is 9.40 Å². The lowest BCUT2D eigenvalue weighted by atomic mass is 10.2. The van der Waals surface area contributed by atoms with Crippen molar-refractivity contribution >= 4 is 21.7 Å². The van der Waals surface area contributed by atoms with Crippen LogP contribution in [-0.2, 0) is 17.1 Å². The Morgan fingerprint density at radius 1 is 1.45 bits per heavy atom. The summed E-state index contributed by atoms with van der Waals surface area (Å²) in [5.41, 5.74) is -0.175. The molecule has 9 heteroatoms. The van der Waals surface area contributed by atoms with Crippen molar-refractivity contribution in [2.45, 2.75) is 4.90 Å². The topological polar surface area (TPSA) is 101 Å². The van der Waals surface area contributed by atoms with E-state index in [1.54, 1.807) is 7.05 Å². The van der Waals surface area contributed by atoms with Gasteiger partial charge >= 0.3 is 5.97 Å². The van der Waals surface area contributed by atoms with E-state index in [1.807, 2.05) is 0 Å². The van der Waals surface area contributed by atoms with Crippen molar-refractivity contribution < 1.29 is 22.7 Å². The second-order valence-electron chi connectivity index (χ2n) is 3.96. The number of hydrogen-bond acceptors (Lipinski definition) is 4. The van der Waals surface area contributed by atoms with Crippen molar-refractivity contribution in [3.05, 3.63) is 42.0 Å². The number of sulfonamides is 1. The number of benzene rings is 1. The molecule has 2 N–H and O–H groups in total. The highest BCUT2D eigenvalue weighted by molar-refractivity contribution is 7.92. The van der Waals surface area contributed by atoms with Gasteiger partial charge in [0.15, 0.2) is 0 Å². The third kappa shape index (κ3) is 2.77. The highest BCUT2D eigenvalue weighted by Crippen LogP contribution is 2.20. The Labute approximate surface area is 113 Å². The summed E-state index contributed by atoms with van der Waals surface area (Å²) in [4.78, 5) is 10.1. The number of nitrogens with one attached hydrogen (secondary N) is 1. The highest BCUT2D eigenvalue weighted by atomic mass is 32.2. The molecule has 7 nitrogen and oxygen atoms in total. The van der Waals surface area contributed by atoms with Gasteiger partial charge in [0, 0.05) is 13.2 Å². The number of carbonyl (C=O) groups is 1. The molecule has 0 fully saturated rings. The van der Waals surface area contributed by atoms with Crippen molar-refractivity contribution in [2.24, 2.45) is 7.05 Å². The lowest BCUT2D eigenvalue weighted by Crippen LogP contribution is -2.15. The molecule has 1 heterocycles. The van der Waals surface area contributed by atoms with E-state index in [0.717, 1.165) is 18.2 Å². The summed E-state index contributed by atoms with van der Waals surface area (Å²) in [6, 6.07) is 2.54. The van der Waals surface area contributed by atoms with Crippen LogP contribution in [0.5, 0.6) is 0 Å². The molecule has 2 rings (SSSR count). The van der Waals surface area contributed by atoms with E-state index in [1.165, 1.54) is 17.1 Å². The predicted molar refractivity (Wildman–Crippen MR) is 67.4 cm³/mol.